The smallest absolute Gasteiger partial charge is 0.339 e. The molecule has 0 aromatic carbocycles. The Morgan fingerprint density at radius 1 is 1.64 bits per heavy atom. The Hall–Kier alpha value is -0.820. The first kappa shape index (κ1) is 9.72. The molecule has 0 spiro atoms. The van der Waals surface area contributed by atoms with Crippen LogP contribution in [0.2, 0.25) is 5.15 Å². The van der Waals surface area contributed by atoms with Crippen molar-refractivity contribution in [3.8, 4) is 0 Å². The van der Waals surface area contributed by atoms with Gasteiger partial charge in [0.2, 0.25) is 0 Å². The number of halogens is 2. The van der Waals surface area contributed by atoms with Crippen LogP contribution in [0.1, 0.15) is 10.4 Å². The summed E-state index contributed by atoms with van der Waals surface area (Å²) in [6.45, 7) is 0. The summed E-state index contributed by atoms with van der Waals surface area (Å²) in [5.74, 6) is -1.06. The van der Waals surface area contributed by atoms with Crippen LogP contribution in [0, 0.1) is 3.57 Å². The maximum Gasteiger partial charge on any atom is 0.339 e. The molecule has 0 aliphatic rings. The molecule has 2 heterocycles. The molecular formula is C8H4ClIN2O2. The minimum Gasteiger partial charge on any atom is -0.478 e. The van der Waals surface area contributed by atoms with E-state index in [2.05, 4.69) is 9.97 Å². The average molecular weight is 322 g/mol. The molecule has 2 aromatic rings. The third kappa shape index (κ3) is 1.36. The van der Waals surface area contributed by atoms with Crippen LogP contribution in [0.15, 0.2) is 12.3 Å². The molecule has 0 saturated carbocycles. The number of carboxylic acids is 1. The summed E-state index contributed by atoms with van der Waals surface area (Å²) in [6.07, 6.45) is 1.70. The third-order valence-corrected chi connectivity index (χ3v) is 3.21. The van der Waals surface area contributed by atoms with Crippen LogP contribution in [-0.2, 0) is 0 Å². The van der Waals surface area contributed by atoms with Gasteiger partial charge in [0.1, 0.15) is 16.4 Å². The van der Waals surface area contributed by atoms with Crippen molar-refractivity contribution < 1.29 is 9.90 Å². The van der Waals surface area contributed by atoms with E-state index in [0.717, 1.165) is 5.39 Å². The highest BCUT2D eigenvalue weighted by Crippen LogP contribution is 2.27. The Labute approximate surface area is 97.4 Å². The average Bonchev–Trinajstić information content (AvgIpc) is 2.50. The number of hydrogen-bond donors (Lipinski definition) is 2. The zero-order valence-electron chi connectivity index (χ0n) is 6.71. The molecule has 0 saturated heterocycles. The van der Waals surface area contributed by atoms with Crippen molar-refractivity contribution in [2.45, 2.75) is 0 Å². The van der Waals surface area contributed by atoms with Crippen molar-refractivity contribution >= 4 is 51.2 Å². The predicted molar refractivity (Wildman–Crippen MR) is 60.8 cm³/mol. The SMILES string of the molecule is O=C(O)c1c(Cl)nc2[nH]ccc2c1I. The summed E-state index contributed by atoms with van der Waals surface area (Å²) in [5, 5.41) is 9.69. The van der Waals surface area contributed by atoms with Gasteiger partial charge in [-0.2, -0.15) is 0 Å². The highest BCUT2D eigenvalue weighted by atomic mass is 127. The monoisotopic (exact) mass is 322 g/mol. The third-order valence-electron chi connectivity index (χ3n) is 1.81. The van der Waals surface area contributed by atoms with E-state index in [1.807, 2.05) is 22.6 Å². The number of fused-ring (bicyclic) bond motifs is 1. The fourth-order valence-corrected chi connectivity index (χ4v) is 2.53. The molecule has 2 aromatic heterocycles. The van der Waals surface area contributed by atoms with Gasteiger partial charge in [0, 0.05) is 15.2 Å². The standard InChI is InChI=1S/C8H4ClIN2O2/c9-6-4(8(13)14)5(10)3-1-2-11-7(3)12-6/h1-2H,(H,11,12)(H,13,14). The lowest BCUT2D eigenvalue weighted by Crippen LogP contribution is -2.03. The molecule has 0 amide bonds. The zero-order valence-corrected chi connectivity index (χ0v) is 9.63. The molecule has 2 N–H and O–H groups in total. The number of nitrogens with one attached hydrogen (secondary N) is 1. The van der Waals surface area contributed by atoms with Crippen LogP contribution in [0.4, 0.5) is 0 Å². The predicted octanol–water partition coefficient (Wildman–Crippen LogP) is 2.52. The second-order valence-electron chi connectivity index (χ2n) is 2.64. The van der Waals surface area contributed by atoms with E-state index < -0.39 is 5.97 Å². The van der Waals surface area contributed by atoms with Crippen LogP contribution in [0.3, 0.4) is 0 Å². The fourth-order valence-electron chi connectivity index (χ4n) is 1.19. The second kappa shape index (κ2) is 3.39. The van der Waals surface area contributed by atoms with Gasteiger partial charge in [0.05, 0.1) is 0 Å². The van der Waals surface area contributed by atoms with Gasteiger partial charge in [-0.1, -0.05) is 11.6 Å². The summed E-state index contributed by atoms with van der Waals surface area (Å²) >= 11 is 7.69. The van der Waals surface area contributed by atoms with Crippen LogP contribution in [0.25, 0.3) is 11.0 Å². The summed E-state index contributed by atoms with van der Waals surface area (Å²) in [4.78, 5) is 17.7. The number of aromatic amines is 1. The van der Waals surface area contributed by atoms with E-state index in [1.54, 1.807) is 12.3 Å². The van der Waals surface area contributed by atoms with E-state index in [0.29, 0.717) is 9.22 Å². The quantitative estimate of drug-likeness (QED) is 0.626. The van der Waals surface area contributed by atoms with Gasteiger partial charge in [-0.25, -0.2) is 9.78 Å². The number of nitrogens with zero attached hydrogens (tertiary/aromatic N) is 1. The normalized spacial score (nSPS) is 10.7. The van der Waals surface area contributed by atoms with Crippen molar-refractivity contribution in [1.82, 2.24) is 9.97 Å². The zero-order chi connectivity index (χ0) is 10.3. The van der Waals surface area contributed by atoms with Gasteiger partial charge in [0.15, 0.2) is 0 Å². The number of rotatable bonds is 1. The maximum atomic E-state index is 10.9. The molecule has 0 aliphatic carbocycles. The van der Waals surface area contributed by atoms with Crippen LogP contribution >= 0.6 is 34.2 Å². The first-order valence-electron chi connectivity index (χ1n) is 3.66. The van der Waals surface area contributed by atoms with Crippen molar-refractivity contribution in [2.24, 2.45) is 0 Å². The minimum absolute atomic E-state index is 0.0110. The van der Waals surface area contributed by atoms with E-state index >= 15 is 0 Å². The van der Waals surface area contributed by atoms with Crippen LogP contribution in [-0.4, -0.2) is 21.0 Å². The number of carbonyl (C=O) groups is 1. The fraction of sp³-hybridized carbons (Fsp3) is 0. The number of hydrogen-bond acceptors (Lipinski definition) is 2. The second-order valence-corrected chi connectivity index (χ2v) is 4.07. The number of aromatic carboxylic acids is 1. The molecule has 0 unspecified atom stereocenters. The number of pyridine rings is 1. The van der Waals surface area contributed by atoms with E-state index in [1.165, 1.54) is 0 Å². The van der Waals surface area contributed by atoms with Gasteiger partial charge in [-0.05, 0) is 28.7 Å². The lowest BCUT2D eigenvalue weighted by atomic mass is 10.2. The highest BCUT2D eigenvalue weighted by molar-refractivity contribution is 14.1. The number of carboxylic acid groups (broad SMARTS) is 1. The number of aromatic nitrogens is 2. The lowest BCUT2D eigenvalue weighted by Gasteiger charge is -2.02. The van der Waals surface area contributed by atoms with E-state index in [9.17, 15) is 4.79 Å². The van der Waals surface area contributed by atoms with Crippen LogP contribution in [0.5, 0.6) is 0 Å². The highest BCUT2D eigenvalue weighted by Gasteiger charge is 2.17. The minimum atomic E-state index is -1.06. The van der Waals surface area contributed by atoms with E-state index in [4.69, 9.17) is 16.7 Å². The van der Waals surface area contributed by atoms with Gasteiger partial charge < -0.3 is 10.1 Å². The van der Waals surface area contributed by atoms with Crippen molar-refractivity contribution in [3.05, 3.63) is 26.5 Å². The molecule has 0 fully saturated rings. The topological polar surface area (TPSA) is 66.0 Å². The molecule has 0 aliphatic heterocycles. The molecule has 72 valence electrons. The summed E-state index contributed by atoms with van der Waals surface area (Å²) in [7, 11) is 0. The molecule has 4 nitrogen and oxygen atoms in total. The Bertz CT molecular complexity index is 523. The lowest BCUT2D eigenvalue weighted by molar-refractivity contribution is 0.0696. The van der Waals surface area contributed by atoms with Crippen molar-refractivity contribution in [2.75, 3.05) is 0 Å². The molecule has 2 rings (SSSR count). The molecule has 0 radical (unpaired) electrons. The molecule has 0 bridgehead atoms. The number of H-pyrrole nitrogens is 1. The van der Waals surface area contributed by atoms with Crippen LogP contribution < -0.4 is 0 Å². The van der Waals surface area contributed by atoms with Crippen molar-refractivity contribution in [3.63, 3.8) is 0 Å². The first-order chi connectivity index (χ1) is 6.61. The Morgan fingerprint density at radius 3 is 3.00 bits per heavy atom. The molecule has 0 atom stereocenters. The van der Waals surface area contributed by atoms with Gasteiger partial charge in [0.25, 0.3) is 0 Å². The first-order valence-corrected chi connectivity index (χ1v) is 5.12. The largest absolute Gasteiger partial charge is 0.478 e. The molecular weight excluding hydrogens is 318 g/mol. The van der Waals surface area contributed by atoms with Gasteiger partial charge in [-0.3, -0.25) is 0 Å². The van der Waals surface area contributed by atoms with Gasteiger partial charge in [-0.15, -0.1) is 0 Å². The maximum absolute atomic E-state index is 10.9. The molecule has 14 heavy (non-hydrogen) atoms. The Morgan fingerprint density at radius 2 is 2.36 bits per heavy atom. The van der Waals surface area contributed by atoms with Gasteiger partial charge >= 0.3 is 5.97 Å². The molecule has 6 heteroatoms. The summed E-state index contributed by atoms with van der Waals surface area (Å²) < 4.78 is 0.603. The van der Waals surface area contributed by atoms with Crippen molar-refractivity contribution in [1.29, 1.82) is 0 Å². The Kier molecular flexibility index (Phi) is 2.36. The summed E-state index contributed by atoms with van der Waals surface area (Å²) in [5.41, 5.74) is 0.656. The van der Waals surface area contributed by atoms with E-state index in [-0.39, 0.29) is 10.7 Å². The summed E-state index contributed by atoms with van der Waals surface area (Å²) in [6, 6.07) is 1.77. The Balaban J connectivity index is 2.89.